The number of amides is 3. The van der Waals surface area contributed by atoms with Gasteiger partial charge in [0.15, 0.2) is 0 Å². The van der Waals surface area contributed by atoms with Gasteiger partial charge in [-0.2, -0.15) is 0 Å². The molecule has 5 nitrogen and oxygen atoms in total. The number of primary amides is 1. The van der Waals surface area contributed by atoms with Crippen molar-refractivity contribution in [1.82, 2.24) is 0 Å². The Morgan fingerprint density at radius 3 is 2.05 bits per heavy atom. The molecule has 0 radical (unpaired) electrons. The van der Waals surface area contributed by atoms with Gasteiger partial charge in [0.25, 0.3) is 11.8 Å². The van der Waals surface area contributed by atoms with Crippen molar-refractivity contribution in [3.8, 4) is 0 Å². The molecule has 1 aliphatic heterocycles. The minimum atomic E-state index is -0.672. The van der Waals surface area contributed by atoms with Gasteiger partial charge >= 0.3 is 0 Å². The molecule has 0 spiro atoms. The monoisotopic (exact) mass is 300 g/mol. The van der Waals surface area contributed by atoms with Gasteiger partial charge in [-0.15, -0.1) is 0 Å². The Bertz CT molecular complexity index is 766. The first-order valence-corrected chi connectivity index (χ1v) is 6.45. The number of nitrogens with two attached hydrogens (primary N) is 1. The second-order valence-electron chi connectivity index (χ2n) is 4.52. The van der Waals surface area contributed by atoms with Gasteiger partial charge in [0.2, 0.25) is 5.91 Å². The van der Waals surface area contributed by atoms with Crippen molar-refractivity contribution in [2.24, 2.45) is 5.73 Å². The molecule has 0 fully saturated rings. The van der Waals surface area contributed by atoms with Gasteiger partial charge in [0, 0.05) is 0 Å². The average molecular weight is 301 g/mol. The van der Waals surface area contributed by atoms with Crippen LogP contribution in [0.4, 0.5) is 5.69 Å². The number of benzene rings is 2. The zero-order valence-electron chi connectivity index (χ0n) is 10.7. The number of anilines is 1. The largest absolute Gasteiger partial charge is 0.366 e. The Kier molecular flexibility index (Phi) is 2.99. The van der Waals surface area contributed by atoms with Gasteiger partial charge < -0.3 is 5.73 Å². The lowest BCUT2D eigenvalue weighted by Gasteiger charge is -2.14. The van der Waals surface area contributed by atoms with Crippen molar-refractivity contribution in [3.63, 3.8) is 0 Å². The van der Waals surface area contributed by atoms with Crippen LogP contribution in [0.5, 0.6) is 0 Å². The van der Waals surface area contributed by atoms with Crippen molar-refractivity contribution in [3.05, 3.63) is 64.2 Å². The highest BCUT2D eigenvalue weighted by Gasteiger charge is 2.36. The van der Waals surface area contributed by atoms with E-state index in [1.54, 1.807) is 24.3 Å². The summed E-state index contributed by atoms with van der Waals surface area (Å²) in [5.41, 5.74) is 6.30. The van der Waals surface area contributed by atoms with Crippen molar-refractivity contribution in [2.45, 2.75) is 0 Å². The topological polar surface area (TPSA) is 80.5 Å². The van der Waals surface area contributed by atoms with Crippen LogP contribution >= 0.6 is 11.6 Å². The van der Waals surface area contributed by atoms with Crippen LogP contribution in [-0.2, 0) is 0 Å². The molecule has 2 aromatic carbocycles. The first-order chi connectivity index (χ1) is 10.0. The van der Waals surface area contributed by atoms with Gasteiger partial charge in [-0.3, -0.25) is 14.4 Å². The molecule has 104 valence electrons. The molecule has 2 N–H and O–H groups in total. The van der Waals surface area contributed by atoms with Crippen LogP contribution in [0.2, 0.25) is 5.02 Å². The zero-order valence-corrected chi connectivity index (χ0v) is 11.4. The van der Waals surface area contributed by atoms with Crippen LogP contribution in [0, 0.1) is 0 Å². The molecule has 3 amide bonds. The molecule has 0 unspecified atom stereocenters. The Hall–Kier alpha value is -2.66. The maximum Gasteiger partial charge on any atom is 0.266 e. The summed E-state index contributed by atoms with van der Waals surface area (Å²) in [4.78, 5) is 36.8. The zero-order chi connectivity index (χ0) is 15.1. The first kappa shape index (κ1) is 13.3. The lowest BCUT2D eigenvalue weighted by Crippen LogP contribution is -2.29. The minimum Gasteiger partial charge on any atom is -0.366 e. The SMILES string of the molecule is NC(=O)c1ccc(N2C(=O)c3ccccc3C2=O)cc1Cl. The molecule has 0 aromatic heterocycles. The van der Waals surface area contributed by atoms with Crippen LogP contribution in [-0.4, -0.2) is 17.7 Å². The van der Waals surface area contributed by atoms with E-state index in [0.29, 0.717) is 16.8 Å². The van der Waals surface area contributed by atoms with Crippen LogP contribution in [0.3, 0.4) is 0 Å². The fourth-order valence-corrected chi connectivity index (χ4v) is 2.53. The highest BCUT2D eigenvalue weighted by Crippen LogP contribution is 2.30. The molecular weight excluding hydrogens is 292 g/mol. The van der Waals surface area contributed by atoms with E-state index >= 15 is 0 Å². The third-order valence-electron chi connectivity index (χ3n) is 3.27. The van der Waals surface area contributed by atoms with Crippen LogP contribution in [0.1, 0.15) is 31.1 Å². The number of fused-ring (bicyclic) bond motifs is 1. The lowest BCUT2D eigenvalue weighted by atomic mass is 10.1. The number of halogens is 1. The molecule has 0 atom stereocenters. The van der Waals surface area contributed by atoms with E-state index in [1.807, 2.05) is 0 Å². The number of imide groups is 1. The number of rotatable bonds is 2. The van der Waals surface area contributed by atoms with Gasteiger partial charge in [-0.1, -0.05) is 23.7 Å². The lowest BCUT2D eigenvalue weighted by molar-refractivity contribution is 0.0925. The van der Waals surface area contributed by atoms with Crippen LogP contribution in [0.25, 0.3) is 0 Å². The normalized spacial score (nSPS) is 13.5. The van der Waals surface area contributed by atoms with Crippen molar-refractivity contribution in [1.29, 1.82) is 0 Å². The van der Waals surface area contributed by atoms with Gasteiger partial charge in [-0.25, -0.2) is 4.90 Å². The summed E-state index contributed by atoms with van der Waals surface area (Å²) < 4.78 is 0. The summed E-state index contributed by atoms with van der Waals surface area (Å²) in [5.74, 6) is -1.51. The van der Waals surface area contributed by atoms with E-state index in [1.165, 1.54) is 18.2 Å². The summed E-state index contributed by atoms with van der Waals surface area (Å²) >= 11 is 5.96. The Morgan fingerprint density at radius 1 is 1.00 bits per heavy atom. The Balaban J connectivity index is 2.07. The molecule has 1 aliphatic rings. The first-order valence-electron chi connectivity index (χ1n) is 6.08. The molecule has 3 rings (SSSR count). The Morgan fingerprint density at radius 2 is 1.57 bits per heavy atom. The molecule has 0 aliphatic carbocycles. The summed E-state index contributed by atoms with van der Waals surface area (Å²) in [7, 11) is 0. The van der Waals surface area contributed by atoms with Crippen molar-refractivity contribution < 1.29 is 14.4 Å². The van der Waals surface area contributed by atoms with E-state index in [4.69, 9.17) is 17.3 Å². The van der Waals surface area contributed by atoms with Gasteiger partial charge in [0.05, 0.1) is 27.4 Å². The summed E-state index contributed by atoms with van der Waals surface area (Å²) in [6.07, 6.45) is 0. The fourth-order valence-electron chi connectivity index (χ4n) is 2.27. The average Bonchev–Trinajstić information content (AvgIpc) is 2.71. The number of carbonyl (C=O) groups is 3. The quantitative estimate of drug-likeness (QED) is 0.864. The third-order valence-corrected chi connectivity index (χ3v) is 3.58. The highest BCUT2D eigenvalue weighted by atomic mass is 35.5. The van der Waals surface area contributed by atoms with Gasteiger partial charge in [0.1, 0.15) is 0 Å². The number of hydrogen-bond donors (Lipinski definition) is 1. The van der Waals surface area contributed by atoms with E-state index in [0.717, 1.165) is 4.90 Å². The second kappa shape index (κ2) is 4.71. The van der Waals surface area contributed by atoms with Crippen molar-refractivity contribution >= 4 is 35.0 Å². The second-order valence-corrected chi connectivity index (χ2v) is 4.93. The Labute approximate surface area is 124 Å². The third kappa shape index (κ3) is 1.98. The fraction of sp³-hybridized carbons (Fsp3) is 0. The predicted octanol–water partition coefficient (Wildman–Crippen LogP) is 2.24. The molecule has 6 heteroatoms. The maximum absolute atomic E-state index is 12.3. The maximum atomic E-state index is 12.3. The molecular formula is C15H9ClN2O3. The van der Waals surface area contributed by atoms with Gasteiger partial charge in [-0.05, 0) is 30.3 Å². The van der Waals surface area contributed by atoms with E-state index in [9.17, 15) is 14.4 Å². The number of hydrogen-bond acceptors (Lipinski definition) is 3. The summed E-state index contributed by atoms with van der Waals surface area (Å²) in [5, 5.41) is 0.0940. The molecule has 0 saturated carbocycles. The van der Waals surface area contributed by atoms with Crippen LogP contribution < -0.4 is 10.6 Å². The molecule has 1 heterocycles. The van der Waals surface area contributed by atoms with E-state index < -0.39 is 17.7 Å². The molecule has 0 saturated heterocycles. The molecule has 0 bridgehead atoms. The van der Waals surface area contributed by atoms with Crippen molar-refractivity contribution in [2.75, 3.05) is 4.90 Å². The smallest absolute Gasteiger partial charge is 0.266 e. The summed E-state index contributed by atoms with van der Waals surface area (Å²) in [6.45, 7) is 0. The molecule has 21 heavy (non-hydrogen) atoms. The predicted molar refractivity (Wildman–Crippen MR) is 77.6 cm³/mol. The number of carbonyl (C=O) groups excluding carboxylic acids is 3. The standard InChI is InChI=1S/C15H9ClN2O3/c16-12-7-8(5-6-11(12)13(17)19)18-14(20)9-3-1-2-4-10(9)15(18)21/h1-7H,(H2,17,19). The number of nitrogens with zero attached hydrogens (tertiary/aromatic N) is 1. The minimum absolute atomic E-state index is 0.0940. The van der Waals surface area contributed by atoms with E-state index in [-0.39, 0.29) is 10.6 Å². The highest BCUT2D eigenvalue weighted by molar-refractivity contribution is 6.36. The van der Waals surface area contributed by atoms with Crippen LogP contribution in [0.15, 0.2) is 42.5 Å². The van der Waals surface area contributed by atoms with E-state index in [2.05, 4.69) is 0 Å². The summed E-state index contributed by atoms with van der Waals surface area (Å²) in [6, 6.07) is 10.8. The molecule has 2 aromatic rings.